The number of carbonyl (C=O) groups is 2. The molecule has 0 aliphatic rings. The number of hydrogen-bond acceptors (Lipinski definition) is 6. The SMILES string of the molecule is CC(=O)Nc1ccc(S(=O)(=O)N(C[C@@H](O)[C@@](C)(OC(N)=O)c2ccccc2)C(C)C)cc1. The van der Waals surface area contributed by atoms with Crippen molar-refractivity contribution in [1.29, 1.82) is 0 Å². The third-order valence-electron chi connectivity index (χ3n) is 5.01. The Bertz CT molecular complexity index is 1040. The van der Waals surface area contributed by atoms with Crippen molar-refractivity contribution in [2.24, 2.45) is 5.73 Å². The van der Waals surface area contributed by atoms with E-state index in [2.05, 4.69) is 5.32 Å². The minimum atomic E-state index is -4.02. The van der Waals surface area contributed by atoms with E-state index in [0.717, 1.165) is 4.31 Å². The summed E-state index contributed by atoms with van der Waals surface area (Å²) in [7, 11) is -4.02. The molecule has 2 atom stereocenters. The Morgan fingerprint density at radius 3 is 2.16 bits per heavy atom. The molecule has 0 radical (unpaired) electrons. The molecule has 0 saturated heterocycles. The topological polar surface area (TPSA) is 139 Å². The number of primary amides is 1. The maximum Gasteiger partial charge on any atom is 0.405 e. The average molecular weight is 464 g/mol. The van der Waals surface area contributed by atoms with Crippen LogP contribution in [-0.2, 0) is 25.2 Å². The minimum Gasteiger partial charge on any atom is -0.436 e. The monoisotopic (exact) mass is 463 g/mol. The number of rotatable bonds is 9. The van der Waals surface area contributed by atoms with Crippen molar-refractivity contribution in [2.75, 3.05) is 11.9 Å². The van der Waals surface area contributed by atoms with Gasteiger partial charge in [-0.15, -0.1) is 0 Å². The van der Waals surface area contributed by atoms with E-state index < -0.39 is 33.9 Å². The lowest BCUT2D eigenvalue weighted by Crippen LogP contribution is -2.51. The molecule has 9 nitrogen and oxygen atoms in total. The summed E-state index contributed by atoms with van der Waals surface area (Å²) < 4.78 is 33.0. The molecule has 2 amide bonds. The third kappa shape index (κ3) is 5.84. The number of carbonyl (C=O) groups excluding carboxylic acids is 2. The zero-order chi connectivity index (χ0) is 24.1. The van der Waals surface area contributed by atoms with E-state index in [1.165, 1.54) is 38.1 Å². The summed E-state index contributed by atoms with van der Waals surface area (Å²) in [5, 5.41) is 13.6. The molecule has 0 aliphatic heterocycles. The van der Waals surface area contributed by atoms with Crippen LogP contribution in [0.25, 0.3) is 0 Å². The number of aliphatic hydroxyl groups excluding tert-OH is 1. The second-order valence-electron chi connectivity index (χ2n) is 7.78. The van der Waals surface area contributed by atoms with Crippen LogP contribution in [0.5, 0.6) is 0 Å². The van der Waals surface area contributed by atoms with Crippen LogP contribution in [0.1, 0.15) is 33.3 Å². The number of anilines is 1. The maximum absolute atomic E-state index is 13.3. The van der Waals surface area contributed by atoms with Crippen LogP contribution in [0.2, 0.25) is 0 Å². The van der Waals surface area contributed by atoms with Crippen molar-refractivity contribution >= 4 is 27.7 Å². The Balaban J connectivity index is 2.38. The highest BCUT2D eigenvalue weighted by molar-refractivity contribution is 7.89. The van der Waals surface area contributed by atoms with Gasteiger partial charge >= 0.3 is 6.09 Å². The zero-order valence-corrected chi connectivity index (χ0v) is 19.3. The summed E-state index contributed by atoms with van der Waals surface area (Å²) >= 11 is 0. The van der Waals surface area contributed by atoms with E-state index >= 15 is 0 Å². The van der Waals surface area contributed by atoms with Gasteiger partial charge in [0, 0.05) is 25.2 Å². The quantitative estimate of drug-likeness (QED) is 0.522. The molecule has 4 N–H and O–H groups in total. The van der Waals surface area contributed by atoms with Gasteiger partial charge < -0.3 is 20.9 Å². The standard InChI is InChI=1S/C22H29N3O6S/c1-15(2)25(32(29,30)19-12-10-18(11-13-19)24-16(3)26)14-20(27)22(4,31-21(23)28)17-8-6-5-7-9-17/h5-13,15,20,27H,14H2,1-4H3,(H2,23,28)(H,24,26)/t20-,22+/m1/s1. The summed E-state index contributed by atoms with van der Waals surface area (Å²) in [6, 6.07) is 13.7. The first-order chi connectivity index (χ1) is 14.9. The lowest BCUT2D eigenvalue weighted by atomic mass is 9.89. The fourth-order valence-electron chi connectivity index (χ4n) is 3.28. The molecule has 0 aliphatic carbocycles. The number of hydrogen-bond donors (Lipinski definition) is 3. The molecule has 2 aromatic rings. The molecular weight excluding hydrogens is 434 g/mol. The molecule has 2 aromatic carbocycles. The zero-order valence-electron chi connectivity index (χ0n) is 18.5. The predicted molar refractivity (Wildman–Crippen MR) is 120 cm³/mol. The largest absolute Gasteiger partial charge is 0.436 e. The normalized spacial score (nSPS) is 14.6. The van der Waals surface area contributed by atoms with Crippen molar-refractivity contribution in [1.82, 2.24) is 4.31 Å². The number of nitrogens with one attached hydrogen (secondary N) is 1. The van der Waals surface area contributed by atoms with Gasteiger partial charge in [-0.1, -0.05) is 30.3 Å². The molecule has 0 bridgehead atoms. The summed E-state index contributed by atoms with van der Waals surface area (Å²) in [5.41, 5.74) is 4.58. The van der Waals surface area contributed by atoms with Gasteiger partial charge in [-0.2, -0.15) is 4.31 Å². The molecule has 0 spiro atoms. The van der Waals surface area contributed by atoms with E-state index in [4.69, 9.17) is 10.5 Å². The Hall–Kier alpha value is -2.95. The average Bonchev–Trinajstić information content (AvgIpc) is 2.71. The van der Waals surface area contributed by atoms with E-state index in [1.807, 2.05) is 0 Å². The first kappa shape index (κ1) is 25.3. The molecule has 0 fully saturated rings. The predicted octanol–water partition coefficient (Wildman–Crippen LogP) is 2.42. The summed E-state index contributed by atoms with van der Waals surface area (Å²) in [6.07, 6.45) is -2.52. The van der Waals surface area contributed by atoms with Crippen LogP contribution < -0.4 is 11.1 Å². The highest BCUT2D eigenvalue weighted by Gasteiger charge is 2.42. The number of sulfonamides is 1. The minimum absolute atomic E-state index is 0.00950. The number of nitrogens with zero attached hydrogens (tertiary/aromatic N) is 1. The smallest absolute Gasteiger partial charge is 0.405 e. The van der Waals surface area contributed by atoms with Crippen LogP contribution in [-0.4, -0.2) is 48.5 Å². The Labute approximate surface area is 188 Å². The van der Waals surface area contributed by atoms with E-state index in [9.17, 15) is 23.1 Å². The van der Waals surface area contributed by atoms with E-state index in [0.29, 0.717) is 11.3 Å². The van der Waals surface area contributed by atoms with Gasteiger partial charge in [-0.3, -0.25) is 4.79 Å². The van der Waals surface area contributed by atoms with Gasteiger partial charge in [0.25, 0.3) is 0 Å². The van der Waals surface area contributed by atoms with Gasteiger partial charge in [0.05, 0.1) is 4.90 Å². The highest BCUT2D eigenvalue weighted by Crippen LogP contribution is 2.31. The summed E-state index contributed by atoms with van der Waals surface area (Å²) in [4.78, 5) is 22.7. The second-order valence-corrected chi connectivity index (χ2v) is 9.67. The lowest BCUT2D eigenvalue weighted by Gasteiger charge is -2.37. The maximum atomic E-state index is 13.3. The number of ether oxygens (including phenoxy) is 1. The molecule has 0 unspecified atom stereocenters. The van der Waals surface area contributed by atoms with Crippen molar-refractivity contribution in [2.45, 2.75) is 50.3 Å². The fraction of sp³-hybridized carbons (Fsp3) is 0.364. The van der Waals surface area contributed by atoms with Crippen LogP contribution >= 0.6 is 0 Å². The lowest BCUT2D eigenvalue weighted by molar-refractivity contribution is -0.114. The third-order valence-corrected chi connectivity index (χ3v) is 7.06. The van der Waals surface area contributed by atoms with Gasteiger partial charge in [-0.05, 0) is 50.6 Å². The number of amides is 2. The second kappa shape index (κ2) is 10.1. The molecule has 0 heterocycles. The Morgan fingerprint density at radius 1 is 1.12 bits per heavy atom. The van der Waals surface area contributed by atoms with Crippen molar-refractivity contribution in [3.63, 3.8) is 0 Å². The van der Waals surface area contributed by atoms with Gasteiger partial charge in [0.1, 0.15) is 6.10 Å². The van der Waals surface area contributed by atoms with Gasteiger partial charge in [0.15, 0.2) is 5.60 Å². The molecular formula is C22H29N3O6S. The molecule has 0 saturated carbocycles. The van der Waals surface area contributed by atoms with E-state index in [-0.39, 0.29) is 17.3 Å². The fourth-order valence-corrected chi connectivity index (χ4v) is 4.92. The van der Waals surface area contributed by atoms with Gasteiger partial charge in [0.2, 0.25) is 15.9 Å². The molecule has 0 aromatic heterocycles. The number of nitrogens with two attached hydrogens (primary N) is 1. The molecule has 174 valence electrons. The number of aliphatic hydroxyl groups is 1. The first-order valence-electron chi connectivity index (χ1n) is 9.99. The van der Waals surface area contributed by atoms with E-state index in [1.54, 1.807) is 44.2 Å². The molecule has 2 rings (SSSR count). The van der Waals surface area contributed by atoms with Crippen LogP contribution in [0.15, 0.2) is 59.5 Å². The van der Waals surface area contributed by atoms with Crippen molar-refractivity contribution in [3.8, 4) is 0 Å². The summed E-state index contributed by atoms with van der Waals surface area (Å²) in [6.45, 7) is 5.82. The highest BCUT2D eigenvalue weighted by atomic mass is 32.2. The Morgan fingerprint density at radius 2 is 1.69 bits per heavy atom. The number of benzene rings is 2. The molecule has 10 heteroatoms. The summed E-state index contributed by atoms with van der Waals surface area (Å²) in [5.74, 6) is -0.276. The van der Waals surface area contributed by atoms with Crippen LogP contribution in [0, 0.1) is 0 Å². The van der Waals surface area contributed by atoms with Crippen LogP contribution in [0.3, 0.4) is 0 Å². The van der Waals surface area contributed by atoms with Gasteiger partial charge in [-0.25, -0.2) is 13.2 Å². The van der Waals surface area contributed by atoms with Crippen molar-refractivity contribution < 1.29 is 27.9 Å². The molecule has 32 heavy (non-hydrogen) atoms. The Kier molecular flexibility index (Phi) is 8.00. The first-order valence-corrected chi connectivity index (χ1v) is 11.4. The van der Waals surface area contributed by atoms with Crippen LogP contribution in [0.4, 0.5) is 10.5 Å². The van der Waals surface area contributed by atoms with Crippen molar-refractivity contribution in [3.05, 3.63) is 60.2 Å².